The maximum absolute atomic E-state index is 12.8. The molecule has 23 heavy (non-hydrogen) atoms. The Morgan fingerprint density at radius 2 is 1.83 bits per heavy atom. The van der Waals surface area contributed by atoms with Gasteiger partial charge in [-0.2, -0.15) is 4.31 Å². The third-order valence-corrected chi connectivity index (χ3v) is 7.50. The number of nitrogens with zero attached hydrogens (tertiary/aromatic N) is 2. The zero-order valence-corrected chi connectivity index (χ0v) is 14.7. The Hall–Kier alpha value is -0.660. The zero-order valence-electron chi connectivity index (χ0n) is 13.9. The lowest BCUT2D eigenvalue weighted by Crippen LogP contribution is -2.57. The average molecular weight is 343 g/mol. The summed E-state index contributed by atoms with van der Waals surface area (Å²) in [7, 11) is -3.19. The van der Waals surface area contributed by atoms with Crippen LogP contribution >= 0.6 is 0 Å². The van der Waals surface area contributed by atoms with Crippen molar-refractivity contribution in [3.05, 3.63) is 0 Å². The highest BCUT2D eigenvalue weighted by Gasteiger charge is 2.35. The summed E-state index contributed by atoms with van der Waals surface area (Å²) in [5.41, 5.74) is 0. The lowest BCUT2D eigenvalue weighted by Gasteiger charge is -2.41. The molecule has 0 aromatic rings. The van der Waals surface area contributed by atoms with Crippen LogP contribution in [0.3, 0.4) is 0 Å². The SMILES string of the molecule is O=C1CNCCN1[C@H]1CCCN(S(=O)(=O)CC2CCCCC2)C1. The molecule has 3 rings (SSSR count). The number of carbonyl (C=O) groups is 1. The van der Waals surface area contributed by atoms with Crippen LogP contribution in [-0.4, -0.2) is 68.0 Å². The highest BCUT2D eigenvalue weighted by molar-refractivity contribution is 7.89. The van der Waals surface area contributed by atoms with Gasteiger partial charge in [0.1, 0.15) is 0 Å². The van der Waals surface area contributed by atoms with Crippen molar-refractivity contribution in [3.8, 4) is 0 Å². The van der Waals surface area contributed by atoms with Crippen LogP contribution in [0.2, 0.25) is 0 Å². The Morgan fingerprint density at radius 3 is 2.57 bits per heavy atom. The van der Waals surface area contributed by atoms with Crippen molar-refractivity contribution in [3.63, 3.8) is 0 Å². The van der Waals surface area contributed by atoms with E-state index >= 15 is 0 Å². The van der Waals surface area contributed by atoms with Gasteiger partial charge in [-0.05, 0) is 31.6 Å². The van der Waals surface area contributed by atoms with Gasteiger partial charge in [-0.1, -0.05) is 19.3 Å². The second kappa shape index (κ2) is 7.49. The minimum atomic E-state index is -3.19. The first-order valence-electron chi connectivity index (χ1n) is 9.04. The molecule has 1 amide bonds. The van der Waals surface area contributed by atoms with Crippen LogP contribution in [0, 0.1) is 5.92 Å². The summed E-state index contributed by atoms with van der Waals surface area (Å²) in [6, 6.07) is 0.0551. The van der Waals surface area contributed by atoms with Gasteiger partial charge in [0.25, 0.3) is 0 Å². The van der Waals surface area contributed by atoms with E-state index in [1.807, 2.05) is 4.90 Å². The number of rotatable bonds is 4. The topological polar surface area (TPSA) is 69.7 Å². The molecule has 132 valence electrons. The molecule has 2 aliphatic heterocycles. The van der Waals surface area contributed by atoms with E-state index in [2.05, 4.69) is 5.32 Å². The average Bonchev–Trinajstić information content (AvgIpc) is 2.56. The van der Waals surface area contributed by atoms with Gasteiger partial charge < -0.3 is 10.2 Å². The fourth-order valence-corrected chi connectivity index (χ4v) is 6.14. The summed E-state index contributed by atoms with van der Waals surface area (Å²) in [5.74, 6) is 0.734. The van der Waals surface area contributed by atoms with Crippen molar-refractivity contribution in [1.29, 1.82) is 0 Å². The minimum absolute atomic E-state index is 0.0551. The van der Waals surface area contributed by atoms with Crippen LogP contribution in [0.5, 0.6) is 0 Å². The molecule has 1 atom stereocenters. The highest BCUT2D eigenvalue weighted by Crippen LogP contribution is 2.27. The summed E-state index contributed by atoms with van der Waals surface area (Å²) < 4.78 is 27.2. The van der Waals surface area contributed by atoms with E-state index in [-0.39, 0.29) is 11.9 Å². The smallest absolute Gasteiger partial charge is 0.236 e. The molecule has 6 nitrogen and oxygen atoms in total. The summed E-state index contributed by atoms with van der Waals surface area (Å²) in [6.45, 7) is 2.98. The van der Waals surface area contributed by atoms with Crippen molar-refractivity contribution >= 4 is 15.9 Å². The predicted octanol–water partition coefficient (Wildman–Crippen LogP) is 0.793. The number of hydrogen-bond acceptors (Lipinski definition) is 4. The van der Waals surface area contributed by atoms with E-state index in [1.54, 1.807) is 4.31 Å². The molecule has 1 N–H and O–H groups in total. The Morgan fingerprint density at radius 1 is 1.04 bits per heavy atom. The summed E-state index contributed by atoms with van der Waals surface area (Å²) in [6.07, 6.45) is 7.44. The molecule has 2 saturated heterocycles. The fraction of sp³-hybridized carbons (Fsp3) is 0.938. The standard InChI is InChI=1S/C16H29N3O3S/c20-16-11-17-8-10-19(16)15-7-4-9-18(12-15)23(21,22)13-14-5-2-1-3-6-14/h14-15,17H,1-13H2/t15-/m0/s1. The maximum Gasteiger partial charge on any atom is 0.236 e. The molecule has 0 aromatic carbocycles. The van der Waals surface area contributed by atoms with E-state index in [9.17, 15) is 13.2 Å². The molecule has 1 saturated carbocycles. The Bertz CT molecular complexity index is 517. The molecule has 0 aromatic heterocycles. The molecule has 0 spiro atoms. The molecule has 3 fully saturated rings. The quantitative estimate of drug-likeness (QED) is 0.819. The van der Waals surface area contributed by atoms with Crippen LogP contribution in [0.1, 0.15) is 44.9 Å². The number of nitrogens with one attached hydrogen (secondary N) is 1. The fourth-order valence-electron chi connectivity index (χ4n) is 4.19. The number of piperazine rings is 1. The van der Waals surface area contributed by atoms with Crippen molar-refractivity contribution in [2.45, 2.75) is 51.0 Å². The monoisotopic (exact) mass is 343 g/mol. The Kier molecular flexibility index (Phi) is 5.59. The van der Waals surface area contributed by atoms with Crippen LogP contribution in [0.15, 0.2) is 0 Å². The molecular weight excluding hydrogens is 314 g/mol. The molecule has 0 unspecified atom stereocenters. The largest absolute Gasteiger partial charge is 0.336 e. The highest BCUT2D eigenvalue weighted by atomic mass is 32.2. The first kappa shape index (κ1) is 17.2. The molecule has 7 heteroatoms. The van der Waals surface area contributed by atoms with E-state index in [1.165, 1.54) is 6.42 Å². The van der Waals surface area contributed by atoms with Crippen molar-refractivity contribution < 1.29 is 13.2 Å². The third-order valence-electron chi connectivity index (χ3n) is 5.49. The second-order valence-corrected chi connectivity index (χ2v) is 9.21. The number of carbonyl (C=O) groups excluding carboxylic acids is 1. The van der Waals surface area contributed by atoms with E-state index in [0.717, 1.165) is 45.1 Å². The van der Waals surface area contributed by atoms with Crippen LogP contribution < -0.4 is 5.32 Å². The molecule has 0 bridgehead atoms. The van der Waals surface area contributed by atoms with Gasteiger partial charge in [0, 0.05) is 32.2 Å². The van der Waals surface area contributed by atoms with Gasteiger partial charge in [-0.3, -0.25) is 4.79 Å². The van der Waals surface area contributed by atoms with Crippen molar-refractivity contribution in [1.82, 2.24) is 14.5 Å². The molecule has 0 radical (unpaired) electrons. The first-order chi connectivity index (χ1) is 11.1. The van der Waals surface area contributed by atoms with Crippen molar-refractivity contribution in [2.24, 2.45) is 5.92 Å². The van der Waals surface area contributed by atoms with E-state index < -0.39 is 10.0 Å². The number of hydrogen-bond donors (Lipinski definition) is 1. The van der Waals surface area contributed by atoms with Gasteiger partial charge in [-0.15, -0.1) is 0 Å². The van der Waals surface area contributed by atoms with Gasteiger partial charge in [0.15, 0.2) is 0 Å². The van der Waals surface area contributed by atoms with Gasteiger partial charge >= 0.3 is 0 Å². The lowest BCUT2D eigenvalue weighted by molar-refractivity contribution is -0.135. The normalized spacial score (nSPS) is 29.0. The third kappa shape index (κ3) is 4.25. The summed E-state index contributed by atoms with van der Waals surface area (Å²) in [5, 5.41) is 3.08. The number of amides is 1. The van der Waals surface area contributed by atoms with Gasteiger partial charge in [-0.25, -0.2) is 8.42 Å². The Balaban J connectivity index is 1.61. The van der Waals surface area contributed by atoms with Crippen LogP contribution in [0.4, 0.5) is 0 Å². The lowest BCUT2D eigenvalue weighted by atomic mass is 9.91. The van der Waals surface area contributed by atoms with Crippen LogP contribution in [0.25, 0.3) is 0 Å². The molecule has 3 aliphatic rings. The summed E-state index contributed by atoms with van der Waals surface area (Å²) >= 11 is 0. The number of piperidine rings is 1. The maximum atomic E-state index is 12.8. The second-order valence-electron chi connectivity index (χ2n) is 7.20. The summed E-state index contributed by atoms with van der Waals surface area (Å²) in [4.78, 5) is 13.9. The molecular formula is C16H29N3O3S. The molecule has 1 aliphatic carbocycles. The van der Waals surface area contributed by atoms with E-state index in [0.29, 0.717) is 37.8 Å². The first-order valence-corrected chi connectivity index (χ1v) is 10.7. The predicted molar refractivity (Wildman–Crippen MR) is 89.5 cm³/mol. The van der Waals surface area contributed by atoms with Crippen LogP contribution in [-0.2, 0) is 14.8 Å². The van der Waals surface area contributed by atoms with Gasteiger partial charge in [0.2, 0.25) is 15.9 Å². The van der Waals surface area contributed by atoms with Gasteiger partial charge in [0.05, 0.1) is 12.3 Å². The zero-order chi connectivity index (χ0) is 16.3. The number of sulfonamides is 1. The Labute approximate surface area is 139 Å². The molecule has 2 heterocycles. The minimum Gasteiger partial charge on any atom is -0.336 e. The van der Waals surface area contributed by atoms with Crippen molar-refractivity contribution in [2.75, 3.05) is 38.5 Å². The van der Waals surface area contributed by atoms with E-state index in [4.69, 9.17) is 0 Å².